The normalized spacial score (nSPS) is 22.2. The molecule has 0 aromatic rings. The van der Waals surface area contributed by atoms with Gasteiger partial charge in [-0.25, -0.2) is 19.4 Å². The summed E-state index contributed by atoms with van der Waals surface area (Å²) in [5.74, 6) is -4.90. The minimum atomic E-state index is -1.72. The zero-order chi connectivity index (χ0) is 17.8. The first-order valence-electron chi connectivity index (χ1n) is 8.25. The Morgan fingerprint density at radius 3 is 1.12 bits per heavy atom. The van der Waals surface area contributed by atoms with E-state index in [0.717, 1.165) is 12.8 Å². The van der Waals surface area contributed by atoms with Crippen LogP contribution in [0.15, 0.2) is 0 Å². The average Bonchev–Trinajstić information content (AvgIpc) is 2.60. The molecule has 0 radical (unpaired) electrons. The summed E-state index contributed by atoms with van der Waals surface area (Å²) in [4.78, 5) is 56.4. The van der Waals surface area contributed by atoms with Gasteiger partial charge in [0.2, 0.25) is 0 Å². The first kappa shape index (κ1) is 18.2. The van der Waals surface area contributed by atoms with Crippen LogP contribution in [0.3, 0.4) is 0 Å². The summed E-state index contributed by atoms with van der Waals surface area (Å²) < 4.78 is 0. The predicted octanol–water partition coefficient (Wildman–Crippen LogP) is 2.06. The summed E-state index contributed by atoms with van der Waals surface area (Å²) in [6.07, 6.45) is 4.36. The molecule has 2 N–H and O–H groups in total. The van der Waals surface area contributed by atoms with Crippen molar-refractivity contribution in [3.8, 4) is 0 Å². The molecule has 8 nitrogen and oxygen atoms in total. The van der Waals surface area contributed by atoms with Gasteiger partial charge in [0.15, 0.2) is 10.8 Å². The minimum absolute atomic E-state index is 0.114. The fraction of sp³-hybridized carbons (Fsp3) is 0.750. The Bertz CT molecular complexity index is 478. The van der Waals surface area contributed by atoms with Gasteiger partial charge in [0, 0.05) is 0 Å². The van der Waals surface area contributed by atoms with Crippen molar-refractivity contribution in [3.63, 3.8) is 0 Å². The Kier molecular flexibility index (Phi) is 5.46. The molecule has 24 heavy (non-hydrogen) atoms. The van der Waals surface area contributed by atoms with E-state index in [0.29, 0.717) is 25.7 Å². The van der Waals surface area contributed by atoms with Crippen molar-refractivity contribution in [1.82, 2.24) is 0 Å². The molecule has 2 aliphatic carbocycles. The second-order valence-electron chi connectivity index (χ2n) is 6.64. The van der Waals surface area contributed by atoms with Gasteiger partial charge >= 0.3 is 23.9 Å². The van der Waals surface area contributed by atoms with Crippen LogP contribution >= 0.6 is 0 Å². The van der Waals surface area contributed by atoms with Crippen LogP contribution in [0.4, 0.5) is 0 Å². The maximum absolute atomic E-state index is 12.2. The van der Waals surface area contributed by atoms with Crippen molar-refractivity contribution < 1.29 is 39.2 Å². The summed E-state index contributed by atoms with van der Waals surface area (Å²) >= 11 is 0. The summed E-state index contributed by atoms with van der Waals surface area (Å²) in [5.41, 5.74) is -3.44. The van der Waals surface area contributed by atoms with Gasteiger partial charge in [-0.15, -0.1) is 0 Å². The first-order chi connectivity index (χ1) is 11.3. The monoisotopic (exact) mass is 342 g/mol. The highest BCUT2D eigenvalue weighted by Crippen LogP contribution is 2.40. The topological polar surface area (TPSA) is 127 Å². The van der Waals surface area contributed by atoms with Crippen LogP contribution in [0.5, 0.6) is 0 Å². The third-order valence-corrected chi connectivity index (χ3v) is 5.21. The van der Waals surface area contributed by atoms with Gasteiger partial charge in [-0.1, -0.05) is 38.5 Å². The highest BCUT2D eigenvalue weighted by atomic mass is 17.2. The van der Waals surface area contributed by atoms with E-state index in [1.54, 1.807) is 0 Å². The number of aliphatic carboxylic acids is 2. The van der Waals surface area contributed by atoms with E-state index in [2.05, 4.69) is 9.78 Å². The standard InChI is InChI=1S/C16H22O8/c17-11(18)15(7-3-1-4-8-15)13(21)23-24-14(22)16(12(19)20)9-5-2-6-10-16/h1-10H2,(H,17,18)(H,19,20). The molecule has 0 atom stereocenters. The van der Waals surface area contributed by atoms with E-state index < -0.39 is 34.7 Å². The van der Waals surface area contributed by atoms with Gasteiger partial charge in [-0.05, 0) is 25.7 Å². The maximum atomic E-state index is 12.2. The van der Waals surface area contributed by atoms with Gasteiger partial charge in [0.05, 0.1) is 0 Å². The molecule has 134 valence electrons. The largest absolute Gasteiger partial charge is 0.480 e. The third-order valence-electron chi connectivity index (χ3n) is 5.21. The molecule has 0 unspecified atom stereocenters. The molecule has 0 aromatic carbocycles. The van der Waals surface area contributed by atoms with Gasteiger partial charge in [0.25, 0.3) is 0 Å². The Hall–Kier alpha value is -2.12. The summed E-state index contributed by atoms with van der Waals surface area (Å²) in [7, 11) is 0. The van der Waals surface area contributed by atoms with Gasteiger partial charge in [-0.3, -0.25) is 9.59 Å². The van der Waals surface area contributed by atoms with Crippen molar-refractivity contribution in [1.29, 1.82) is 0 Å². The van der Waals surface area contributed by atoms with Crippen molar-refractivity contribution in [2.24, 2.45) is 10.8 Å². The van der Waals surface area contributed by atoms with Crippen molar-refractivity contribution in [2.75, 3.05) is 0 Å². The Labute approximate surface area is 139 Å². The minimum Gasteiger partial charge on any atom is -0.480 e. The Morgan fingerprint density at radius 1 is 0.583 bits per heavy atom. The van der Waals surface area contributed by atoms with Crippen molar-refractivity contribution in [2.45, 2.75) is 64.2 Å². The molecule has 0 heterocycles. The maximum Gasteiger partial charge on any atom is 0.372 e. The lowest BCUT2D eigenvalue weighted by Crippen LogP contribution is -2.45. The van der Waals surface area contributed by atoms with E-state index in [-0.39, 0.29) is 25.7 Å². The Balaban J connectivity index is 2.05. The quantitative estimate of drug-likeness (QED) is 0.451. The smallest absolute Gasteiger partial charge is 0.372 e. The molecule has 0 amide bonds. The highest BCUT2D eigenvalue weighted by molar-refractivity contribution is 6.01. The highest BCUT2D eigenvalue weighted by Gasteiger charge is 2.52. The number of hydrogen-bond acceptors (Lipinski definition) is 6. The second kappa shape index (κ2) is 7.19. The third kappa shape index (κ3) is 3.22. The number of rotatable bonds is 4. The lowest BCUT2D eigenvalue weighted by molar-refractivity contribution is -0.275. The Morgan fingerprint density at radius 2 is 0.875 bits per heavy atom. The summed E-state index contributed by atoms with van der Waals surface area (Å²) in [6.45, 7) is 0. The number of carbonyl (C=O) groups is 4. The van der Waals surface area contributed by atoms with Gasteiger partial charge in [0.1, 0.15) is 0 Å². The molecule has 0 spiro atoms. The molecule has 2 rings (SSSR count). The van der Waals surface area contributed by atoms with E-state index in [1.165, 1.54) is 0 Å². The van der Waals surface area contributed by atoms with E-state index in [4.69, 9.17) is 0 Å². The van der Waals surface area contributed by atoms with Crippen LogP contribution in [0.2, 0.25) is 0 Å². The summed E-state index contributed by atoms with van der Waals surface area (Å²) in [6, 6.07) is 0. The van der Waals surface area contributed by atoms with Crippen LogP contribution in [0.1, 0.15) is 64.2 Å². The zero-order valence-electron chi connectivity index (χ0n) is 13.4. The molecule has 0 aromatic heterocycles. The van der Waals surface area contributed by atoms with Crippen LogP contribution in [-0.4, -0.2) is 34.1 Å². The molecule has 0 aliphatic heterocycles. The number of carboxylic acid groups (broad SMARTS) is 2. The fourth-order valence-corrected chi connectivity index (χ4v) is 3.56. The van der Waals surface area contributed by atoms with Crippen LogP contribution < -0.4 is 0 Å². The molecule has 0 saturated heterocycles. The van der Waals surface area contributed by atoms with Crippen LogP contribution in [-0.2, 0) is 29.0 Å². The van der Waals surface area contributed by atoms with Crippen molar-refractivity contribution in [3.05, 3.63) is 0 Å². The molecule has 2 aliphatic rings. The summed E-state index contributed by atoms with van der Waals surface area (Å²) in [5, 5.41) is 18.8. The molecule has 2 saturated carbocycles. The van der Waals surface area contributed by atoms with Crippen LogP contribution in [0.25, 0.3) is 0 Å². The van der Waals surface area contributed by atoms with E-state index in [9.17, 15) is 29.4 Å². The second-order valence-corrected chi connectivity index (χ2v) is 6.64. The lowest BCUT2D eigenvalue weighted by Gasteiger charge is -2.31. The first-order valence-corrected chi connectivity index (χ1v) is 8.25. The lowest BCUT2D eigenvalue weighted by atomic mass is 9.74. The SMILES string of the molecule is O=C(O)C1(C(=O)OOC(=O)C2(C(=O)O)CCCCC2)CCCCC1. The number of hydrogen-bond donors (Lipinski definition) is 2. The predicted molar refractivity (Wildman–Crippen MR) is 78.5 cm³/mol. The van der Waals surface area contributed by atoms with Gasteiger partial charge < -0.3 is 10.2 Å². The molecule has 8 heteroatoms. The van der Waals surface area contributed by atoms with Crippen LogP contribution in [0, 0.1) is 10.8 Å². The number of carbonyl (C=O) groups excluding carboxylic acids is 2. The molecular weight excluding hydrogens is 320 g/mol. The van der Waals surface area contributed by atoms with E-state index in [1.807, 2.05) is 0 Å². The fourth-order valence-electron chi connectivity index (χ4n) is 3.56. The average molecular weight is 342 g/mol. The zero-order valence-corrected chi connectivity index (χ0v) is 13.4. The molecule has 2 fully saturated rings. The van der Waals surface area contributed by atoms with Gasteiger partial charge in [-0.2, -0.15) is 0 Å². The number of carboxylic acids is 2. The molecular formula is C16H22O8. The van der Waals surface area contributed by atoms with E-state index >= 15 is 0 Å². The molecule has 0 bridgehead atoms. The van der Waals surface area contributed by atoms with Crippen molar-refractivity contribution >= 4 is 23.9 Å².